The lowest BCUT2D eigenvalue weighted by Gasteiger charge is -1.92. The average molecular weight is 223 g/mol. The Morgan fingerprint density at radius 1 is 1.88 bits per heavy atom. The minimum atomic E-state index is 0.960. The van der Waals surface area contributed by atoms with E-state index in [2.05, 4.69) is 40.6 Å². The Balaban J connectivity index is 3.37. The third kappa shape index (κ3) is 4.18. The molecule has 0 aliphatic carbocycles. The number of likely N-dealkylation sites (N-methyl/N-ethyl adjacent to an activating group) is 1. The molecule has 0 aliphatic heterocycles. The lowest BCUT2D eigenvalue weighted by molar-refractivity contribution is 1.04. The molecule has 0 heterocycles. The molecule has 0 atom stereocenters. The van der Waals surface area contributed by atoms with Crippen molar-refractivity contribution in [2.24, 2.45) is 0 Å². The summed E-state index contributed by atoms with van der Waals surface area (Å²) in [6.07, 6.45) is 4.02. The summed E-state index contributed by atoms with van der Waals surface area (Å²) in [6, 6.07) is 0. The highest BCUT2D eigenvalue weighted by Crippen LogP contribution is 1.87. The van der Waals surface area contributed by atoms with Gasteiger partial charge in [-0.1, -0.05) is 35.2 Å². The normalized spacial score (nSPS) is 9.75. The summed E-state index contributed by atoms with van der Waals surface area (Å²) in [5.74, 6) is 0. The van der Waals surface area contributed by atoms with Crippen LogP contribution in [0.5, 0.6) is 0 Å². The molecule has 8 heavy (non-hydrogen) atoms. The van der Waals surface area contributed by atoms with Gasteiger partial charge in [-0.3, -0.25) is 0 Å². The summed E-state index contributed by atoms with van der Waals surface area (Å²) in [7, 11) is 1.86. The third-order valence-electron chi connectivity index (χ3n) is 0.729. The molecule has 0 aliphatic rings. The molecule has 0 fully saturated rings. The van der Waals surface area contributed by atoms with E-state index >= 15 is 0 Å². The smallest absolute Gasteiger partial charge is 0.0261 e. The number of hydrogen-bond donors (Lipinski definition) is 1. The van der Waals surface area contributed by atoms with E-state index in [0.29, 0.717) is 0 Å². The molecule has 2 heteroatoms. The van der Waals surface area contributed by atoms with Crippen molar-refractivity contribution in [3.63, 3.8) is 0 Å². The molecular weight excluding hydrogens is 213 g/mol. The van der Waals surface area contributed by atoms with E-state index in [1.807, 2.05) is 13.1 Å². The van der Waals surface area contributed by atoms with Gasteiger partial charge in [0.25, 0.3) is 0 Å². The first-order valence-corrected chi connectivity index (χ1v) is 3.93. The Morgan fingerprint density at radius 3 is 2.88 bits per heavy atom. The summed E-state index contributed by atoms with van der Waals surface area (Å²) in [6.45, 7) is 3.71. The molecule has 0 bridgehead atoms. The van der Waals surface area contributed by atoms with Crippen LogP contribution in [0, 0.1) is 0 Å². The van der Waals surface area contributed by atoms with Crippen LogP contribution in [-0.4, -0.2) is 11.5 Å². The predicted octanol–water partition coefficient (Wildman–Crippen LogP) is 1.71. The molecule has 0 rings (SSSR count). The molecule has 46 valence electrons. The van der Waals surface area contributed by atoms with Gasteiger partial charge >= 0.3 is 0 Å². The Labute approximate surface area is 64.0 Å². The molecule has 1 nitrogen and oxygen atoms in total. The first-order valence-electron chi connectivity index (χ1n) is 2.40. The fraction of sp³-hybridized carbons (Fsp3) is 0.333. The second-order valence-electron chi connectivity index (χ2n) is 1.33. The average Bonchev–Trinajstić information content (AvgIpc) is 1.83. The number of alkyl halides is 1. The lowest BCUT2D eigenvalue weighted by atomic mass is 10.4. The van der Waals surface area contributed by atoms with E-state index in [-0.39, 0.29) is 0 Å². The van der Waals surface area contributed by atoms with Gasteiger partial charge < -0.3 is 5.32 Å². The number of hydrogen-bond acceptors (Lipinski definition) is 1. The number of nitrogens with one attached hydrogen (secondary N) is 1. The van der Waals surface area contributed by atoms with Gasteiger partial charge in [0.2, 0.25) is 0 Å². The fourth-order valence-electron chi connectivity index (χ4n) is 0.270. The summed E-state index contributed by atoms with van der Waals surface area (Å²) >= 11 is 2.28. The van der Waals surface area contributed by atoms with Crippen LogP contribution in [0.4, 0.5) is 0 Å². The van der Waals surface area contributed by atoms with Gasteiger partial charge in [0.05, 0.1) is 0 Å². The molecule has 0 radical (unpaired) electrons. The van der Waals surface area contributed by atoms with Crippen LogP contribution in [0.15, 0.2) is 24.4 Å². The van der Waals surface area contributed by atoms with Crippen molar-refractivity contribution in [3.05, 3.63) is 24.4 Å². The van der Waals surface area contributed by atoms with Gasteiger partial charge in [-0.05, 0) is 6.08 Å². The molecule has 1 N–H and O–H groups in total. The minimum absolute atomic E-state index is 0.960. The van der Waals surface area contributed by atoms with Crippen molar-refractivity contribution < 1.29 is 0 Å². The van der Waals surface area contributed by atoms with Gasteiger partial charge in [0.15, 0.2) is 0 Å². The zero-order valence-electron chi connectivity index (χ0n) is 4.95. The maximum Gasteiger partial charge on any atom is 0.0261 e. The Kier molecular flexibility index (Phi) is 5.16. The first-order chi connectivity index (χ1) is 3.81. The largest absolute Gasteiger partial charge is 0.389 e. The highest BCUT2D eigenvalue weighted by Gasteiger charge is 1.74. The van der Waals surface area contributed by atoms with E-state index in [0.717, 1.165) is 10.1 Å². The standard InChI is InChI=1S/C6H10IN/c1-6(8-2)4-3-5-7/h3-4,8H,1,5H2,2H3/b4-3-. The van der Waals surface area contributed by atoms with E-state index < -0.39 is 0 Å². The van der Waals surface area contributed by atoms with Crippen molar-refractivity contribution in [1.82, 2.24) is 5.32 Å². The second kappa shape index (κ2) is 5.15. The van der Waals surface area contributed by atoms with E-state index in [4.69, 9.17) is 0 Å². The highest BCUT2D eigenvalue weighted by molar-refractivity contribution is 14.1. The van der Waals surface area contributed by atoms with Crippen molar-refractivity contribution >= 4 is 22.6 Å². The summed E-state index contributed by atoms with van der Waals surface area (Å²) < 4.78 is 1.04. The molecule has 0 saturated carbocycles. The topological polar surface area (TPSA) is 12.0 Å². The molecule has 0 amide bonds. The van der Waals surface area contributed by atoms with Crippen LogP contribution in [0.3, 0.4) is 0 Å². The van der Waals surface area contributed by atoms with Crippen molar-refractivity contribution in [2.45, 2.75) is 0 Å². The van der Waals surface area contributed by atoms with Crippen LogP contribution < -0.4 is 5.32 Å². The monoisotopic (exact) mass is 223 g/mol. The Bertz CT molecular complexity index is 96.7. The van der Waals surface area contributed by atoms with Crippen molar-refractivity contribution in [2.75, 3.05) is 11.5 Å². The molecule has 0 aromatic heterocycles. The van der Waals surface area contributed by atoms with E-state index in [1.54, 1.807) is 0 Å². The molecule has 0 saturated heterocycles. The Hall–Kier alpha value is 0.01000. The quantitative estimate of drug-likeness (QED) is 0.436. The first kappa shape index (κ1) is 8.01. The number of halogens is 1. The fourth-order valence-corrected chi connectivity index (χ4v) is 0.524. The van der Waals surface area contributed by atoms with Crippen LogP contribution in [-0.2, 0) is 0 Å². The number of allylic oxidation sites excluding steroid dienone is 2. The third-order valence-corrected chi connectivity index (χ3v) is 1.24. The maximum atomic E-state index is 3.71. The molecular formula is C6H10IN. The number of rotatable bonds is 3. The Morgan fingerprint density at radius 2 is 2.50 bits per heavy atom. The maximum absolute atomic E-state index is 3.71. The van der Waals surface area contributed by atoms with Crippen molar-refractivity contribution in [3.8, 4) is 0 Å². The van der Waals surface area contributed by atoms with Crippen LogP contribution in [0.1, 0.15) is 0 Å². The zero-order chi connectivity index (χ0) is 6.41. The van der Waals surface area contributed by atoms with Crippen LogP contribution in [0.25, 0.3) is 0 Å². The molecule has 0 spiro atoms. The van der Waals surface area contributed by atoms with Gasteiger partial charge in [0, 0.05) is 17.2 Å². The molecule has 0 aromatic rings. The summed E-state index contributed by atoms with van der Waals surface area (Å²) in [5, 5.41) is 2.92. The molecule has 0 unspecified atom stereocenters. The van der Waals surface area contributed by atoms with Gasteiger partial charge in [-0.25, -0.2) is 0 Å². The van der Waals surface area contributed by atoms with Crippen molar-refractivity contribution in [1.29, 1.82) is 0 Å². The molecule has 0 aromatic carbocycles. The lowest BCUT2D eigenvalue weighted by Crippen LogP contribution is -2.00. The minimum Gasteiger partial charge on any atom is -0.389 e. The second-order valence-corrected chi connectivity index (χ2v) is 2.21. The van der Waals surface area contributed by atoms with Gasteiger partial charge in [-0.15, -0.1) is 0 Å². The summed E-state index contributed by atoms with van der Waals surface area (Å²) in [5.41, 5.74) is 0.960. The van der Waals surface area contributed by atoms with Gasteiger partial charge in [-0.2, -0.15) is 0 Å². The SMILES string of the molecule is C=C(/C=C\CI)NC. The van der Waals surface area contributed by atoms with Crippen LogP contribution >= 0.6 is 22.6 Å². The highest BCUT2D eigenvalue weighted by atomic mass is 127. The van der Waals surface area contributed by atoms with E-state index in [1.165, 1.54) is 0 Å². The van der Waals surface area contributed by atoms with Gasteiger partial charge in [0.1, 0.15) is 0 Å². The predicted molar refractivity (Wildman–Crippen MR) is 46.2 cm³/mol. The summed E-state index contributed by atoms with van der Waals surface area (Å²) in [4.78, 5) is 0. The zero-order valence-corrected chi connectivity index (χ0v) is 7.10. The van der Waals surface area contributed by atoms with E-state index in [9.17, 15) is 0 Å². The van der Waals surface area contributed by atoms with Crippen LogP contribution in [0.2, 0.25) is 0 Å².